The molecular formula is C12H12BrClO. The lowest BCUT2D eigenvalue weighted by Gasteiger charge is -1.99. The molecule has 3 heteroatoms. The summed E-state index contributed by atoms with van der Waals surface area (Å²) in [5.74, 6) is 1.41. The number of hydrogen-bond acceptors (Lipinski definition) is 1. The van der Waals surface area contributed by atoms with E-state index >= 15 is 0 Å². The Bertz CT molecular complexity index is 488. The van der Waals surface area contributed by atoms with E-state index in [0.29, 0.717) is 5.92 Å². The molecule has 15 heavy (non-hydrogen) atoms. The third kappa shape index (κ3) is 2.06. The average Bonchev–Trinajstić information content (AvgIpc) is 2.59. The molecule has 0 radical (unpaired) electrons. The summed E-state index contributed by atoms with van der Waals surface area (Å²) >= 11 is 9.47. The van der Waals surface area contributed by atoms with Gasteiger partial charge in [-0.25, -0.2) is 0 Å². The third-order valence-corrected chi connectivity index (χ3v) is 3.21. The normalized spacial score (nSPS) is 11.5. The zero-order chi connectivity index (χ0) is 11.0. The molecule has 0 fully saturated rings. The van der Waals surface area contributed by atoms with E-state index in [0.717, 1.165) is 32.6 Å². The van der Waals surface area contributed by atoms with Gasteiger partial charge in [0.25, 0.3) is 0 Å². The fraction of sp³-hybridized carbons (Fsp3) is 0.333. The van der Waals surface area contributed by atoms with E-state index < -0.39 is 0 Å². The van der Waals surface area contributed by atoms with E-state index in [-0.39, 0.29) is 0 Å². The van der Waals surface area contributed by atoms with Crippen molar-refractivity contribution < 1.29 is 4.42 Å². The van der Waals surface area contributed by atoms with Crippen LogP contribution in [0.2, 0.25) is 5.02 Å². The maximum absolute atomic E-state index is 6.03. The van der Waals surface area contributed by atoms with Crippen molar-refractivity contribution in [2.75, 3.05) is 0 Å². The lowest BCUT2D eigenvalue weighted by atomic mass is 10.1. The molecule has 0 aliphatic rings. The lowest BCUT2D eigenvalue weighted by Crippen LogP contribution is -1.80. The first-order chi connectivity index (χ1) is 7.11. The summed E-state index contributed by atoms with van der Waals surface area (Å²) < 4.78 is 5.82. The van der Waals surface area contributed by atoms with E-state index in [1.165, 1.54) is 0 Å². The monoisotopic (exact) mass is 286 g/mol. The molecule has 0 bridgehead atoms. The second-order valence-corrected chi connectivity index (χ2v) is 4.92. The fourth-order valence-corrected chi connectivity index (χ4v) is 2.25. The van der Waals surface area contributed by atoms with Gasteiger partial charge in [-0.05, 0) is 18.2 Å². The third-order valence-electron chi connectivity index (χ3n) is 2.39. The van der Waals surface area contributed by atoms with Crippen molar-refractivity contribution in [1.29, 1.82) is 0 Å². The summed E-state index contributed by atoms with van der Waals surface area (Å²) in [7, 11) is 0. The highest BCUT2D eigenvalue weighted by molar-refractivity contribution is 9.08. The van der Waals surface area contributed by atoms with Crippen molar-refractivity contribution in [3.8, 4) is 0 Å². The maximum Gasteiger partial charge on any atom is 0.138 e. The van der Waals surface area contributed by atoms with Crippen molar-refractivity contribution in [2.45, 2.75) is 25.1 Å². The Morgan fingerprint density at radius 2 is 2.07 bits per heavy atom. The molecule has 0 aliphatic carbocycles. The quantitative estimate of drug-likeness (QED) is 0.700. The van der Waals surface area contributed by atoms with Crippen LogP contribution in [0, 0.1) is 0 Å². The van der Waals surface area contributed by atoms with Crippen LogP contribution in [0.4, 0.5) is 0 Å². The second-order valence-electron chi connectivity index (χ2n) is 3.92. The van der Waals surface area contributed by atoms with Gasteiger partial charge in [0.15, 0.2) is 0 Å². The van der Waals surface area contributed by atoms with Gasteiger partial charge >= 0.3 is 0 Å². The minimum atomic E-state index is 0.402. The highest BCUT2D eigenvalue weighted by Gasteiger charge is 2.11. The molecule has 80 valence electrons. The van der Waals surface area contributed by atoms with Crippen LogP contribution in [-0.2, 0) is 5.33 Å². The van der Waals surface area contributed by atoms with Gasteiger partial charge in [0.1, 0.15) is 11.3 Å². The van der Waals surface area contributed by atoms with E-state index in [4.69, 9.17) is 16.0 Å². The number of rotatable bonds is 2. The predicted molar refractivity (Wildman–Crippen MR) is 67.9 cm³/mol. The molecule has 0 aliphatic heterocycles. The molecular weight excluding hydrogens is 275 g/mol. The largest absolute Gasteiger partial charge is 0.460 e. The first-order valence-corrected chi connectivity index (χ1v) is 6.39. The minimum absolute atomic E-state index is 0.402. The minimum Gasteiger partial charge on any atom is -0.460 e. The van der Waals surface area contributed by atoms with Crippen LogP contribution in [-0.4, -0.2) is 0 Å². The van der Waals surface area contributed by atoms with Crippen molar-refractivity contribution in [3.05, 3.63) is 34.5 Å². The van der Waals surface area contributed by atoms with Crippen molar-refractivity contribution in [1.82, 2.24) is 0 Å². The maximum atomic E-state index is 6.03. The predicted octanol–water partition coefficient (Wildman–Crippen LogP) is 5.10. The van der Waals surface area contributed by atoms with Gasteiger partial charge in [0.05, 0.1) is 0 Å². The van der Waals surface area contributed by atoms with Gasteiger partial charge in [0, 0.05) is 27.2 Å². The second kappa shape index (κ2) is 4.18. The van der Waals surface area contributed by atoms with Gasteiger partial charge in [-0.15, -0.1) is 0 Å². The van der Waals surface area contributed by atoms with Crippen LogP contribution < -0.4 is 0 Å². The fourth-order valence-electron chi connectivity index (χ4n) is 1.59. The van der Waals surface area contributed by atoms with Crippen LogP contribution >= 0.6 is 27.5 Å². The molecule has 0 atom stereocenters. The first kappa shape index (κ1) is 11.0. The Morgan fingerprint density at radius 3 is 2.67 bits per heavy atom. The van der Waals surface area contributed by atoms with Crippen LogP contribution in [0.1, 0.15) is 31.1 Å². The van der Waals surface area contributed by atoms with Gasteiger partial charge in [-0.1, -0.05) is 41.4 Å². The molecule has 0 spiro atoms. The number of furan rings is 1. The highest BCUT2D eigenvalue weighted by Crippen LogP contribution is 2.31. The molecule has 0 saturated carbocycles. The molecule has 2 rings (SSSR count). The van der Waals surface area contributed by atoms with Crippen LogP contribution in [0.25, 0.3) is 11.0 Å². The zero-order valence-electron chi connectivity index (χ0n) is 8.68. The van der Waals surface area contributed by atoms with Gasteiger partial charge in [0.2, 0.25) is 0 Å². The van der Waals surface area contributed by atoms with Gasteiger partial charge in [-0.2, -0.15) is 0 Å². The Labute approximate surface area is 103 Å². The van der Waals surface area contributed by atoms with E-state index in [9.17, 15) is 0 Å². The SMILES string of the molecule is CC(C)c1cc2cc(Cl)cc(CBr)c2o1. The van der Waals surface area contributed by atoms with Crippen LogP contribution in [0.3, 0.4) is 0 Å². The summed E-state index contributed by atoms with van der Waals surface area (Å²) in [6, 6.07) is 5.95. The highest BCUT2D eigenvalue weighted by atomic mass is 79.9. The molecule has 1 heterocycles. The van der Waals surface area contributed by atoms with Crippen molar-refractivity contribution in [3.63, 3.8) is 0 Å². The van der Waals surface area contributed by atoms with Gasteiger partial charge < -0.3 is 4.42 Å². The number of halogens is 2. The van der Waals surface area contributed by atoms with Crippen LogP contribution in [0.5, 0.6) is 0 Å². The molecule has 0 amide bonds. The number of alkyl halides is 1. The number of benzene rings is 1. The summed E-state index contributed by atoms with van der Waals surface area (Å²) in [5.41, 5.74) is 2.05. The molecule has 0 unspecified atom stereocenters. The van der Waals surface area contributed by atoms with E-state index in [2.05, 4.69) is 35.8 Å². The first-order valence-electron chi connectivity index (χ1n) is 4.89. The topological polar surface area (TPSA) is 13.1 Å². The molecule has 1 nitrogen and oxygen atoms in total. The zero-order valence-corrected chi connectivity index (χ0v) is 11.0. The van der Waals surface area contributed by atoms with Crippen molar-refractivity contribution in [2.24, 2.45) is 0 Å². The summed E-state index contributed by atoms with van der Waals surface area (Å²) in [6.45, 7) is 4.24. The molecule has 0 saturated heterocycles. The number of hydrogen-bond donors (Lipinski definition) is 0. The Kier molecular flexibility index (Phi) is 3.08. The van der Waals surface area contributed by atoms with Crippen molar-refractivity contribution >= 4 is 38.5 Å². The van der Waals surface area contributed by atoms with E-state index in [1.807, 2.05) is 12.1 Å². The molecule has 1 aromatic heterocycles. The summed E-state index contributed by atoms with van der Waals surface area (Å²) in [4.78, 5) is 0. The summed E-state index contributed by atoms with van der Waals surface area (Å²) in [6.07, 6.45) is 0. The Morgan fingerprint density at radius 1 is 1.33 bits per heavy atom. The van der Waals surface area contributed by atoms with Crippen LogP contribution in [0.15, 0.2) is 22.6 Å². The standard InChI is InChI=1S/C12H12BrClO/c1-7(2)11-5-8-3-10(14)4-9(6-13)12(8)15-11/h3-5,7H,6H2,1-2H3. The molecule has 0 N–H and O–H groups in total. The number of fused-ring (bicyclic) bond motifs is 1. The Hall–Kier alpha value is -0.470. The van der Waals surface area contributed by atoms with E-state index in [1.54, 1.807) is 0 Å². The van der Waals surface area contributed by atoms with Gasteiger partial charge in [-0.3, -0.25) is 0 Å². The molecule has 1 aromatic carbocycles. The Balaban J connectivity index is 2.68. The summed E-state index contributed by atoms with van der Waals surface area (Å²) in [5, 5.41) is 2.60. The smallest absolute Gasteiger partial charge is 0.138 e. The molecule has 2 aromatic rings. The average molecular weight is 288 g/mol. The lowest BCUT2D eigenvalue weighted by molar-refractivity contribution is 0.520.